The number of piperidine rings is 1. The highest BCUT2D eigenvalue weighted by Gasteiger charge is 2.44. The average molecular weight is 399 g/mol. The van der Waals surface area contributed by atoms with Crippen LogP contribution in [0.4, 0.5) is 0 Å². The zero-order chi connectivity index (χ0) is 18.8. The van der Waals surface area contributed by atoms with Crippen LogP contribution in [0.2, 0.25) is 5.02 Å². The quantitative estimate of drug-likeness (QED) is 0.847. The largest absolute Gasteiger partial charge is 0.342 e. The Morgan fingerprint density at radius 1 is 1.19 bits per heavy atom. The second-order valence-corrected chi connectivity index (χ2v) is 9.83. The monoisotopic (exact) mass is 398 g/mol. The Labute approximate surface area is 161 Å². The molecule has 0 aromatic heterocycles. The van der Waals surface area contributed by atoms with Gasteiger partial charge in [-0.2, -0.15) is 0 Å². The van der Waals surface area contributed by atoms with Gasteiger partial charge < -0.3 is 4.90 Å². The summed E-state index contributed by atoms with van der Waals surface area (Å²) in [4.78, 5) is 15.4. The van der Waals surface area contributed by atoms with E-state index in [2.05, 4.69) is 4.72 Å². The molecule has 1 amide bonds. The second kappa shape index (κ2) is 7.87. The summed E-state index contributed by atoms with van der Waals surface area (Å²) in [6.45, 7) is 1.18. The lowest BCUT2D eigenvalue weighted by atomic mass is 9.68. The Kier molecular flexibility index (Phi) is 5.94. The van der Waals surface area contributed by atoms with E-state index in [0.29, 0.717) is 31.0 Å². The van der Waals surface area contributed by atoms with Crippen molar-refractivity contribution in [2.24, 2.45) is 0 Å². The summed E-state index contributed by atoms with van der Waals surface area (Å²) >= 11 is 6.21. The molecule has 0 bridgehead atoms. The average Bonchev–Trinajstić information content (AvgIpc) is 2.61. The van der Waals surface area contributed by atoms with Crippen molar-refractivity contribution in [3.63, 3.8) is 0 Å². The molecule has 1 saturated heterocycles. The van der Waals surface area contributed by atoms with E-state index in [0.717, 1.165) is 37.7 Å². The predicted molar refractivity (Wildman–Crippen MR) is 104 cm³/mol. The van der Waals surface area contributed by atoms with Crippen LogP contribution in [0.15, 0.2) is 24.3 Å². The fourth-order valence-electron chi connectivity index (χ4n) is 4.37. The van der Waals surface area contributed by atoms with Gasteiger partial charge in [0.15, 0.2) is 0 Å². The van der Waals surface area contributed by atoms with E-state index < -0.39 is 15.4 Å². The Hall–Kier alpha value is -1.11. The van der Waals surface area contributed by atoms with Crippen LogP contribution in [0.5, 0.6) is 0 Å². The van der Waals surface area contributed by atoms with Crippen molar-refractivity contribution in [2.75, 3.05) is 19.3 Å². The topological polar surface area (TPSA) is 66.5 Å². The fourth-order valence-corrected chi connectivity index (χ4v) is 5.40. The first-order valence-corrected chi connectivity index (χ1v) is 11.6. The van der Waals surface area contributed by atoms with Gasteiger partial charge in [0.25, 0.3) is 0 Å². The number of amides is 1. The molecule has 1 aromatic rings. The van der Waals surface area contributed by atoms with Crippen molar-refractivity contribution in [1.29, 1.82) is 0 Å². The molecule has 1 N–H and O–H groups in total. The number of benzene rings is 1. The number of carbonyl (C=O) groups excluding carboxylic acids is 1. The molecule has 26 heavy (non-hydrogen) atoms. The summed E-state index contributed by atoms with van der Waals surface area (Å²) in [5.41, 5.74) is 0.534. The number of hydrogen-bond acceptors (Lipinski definition) is 3. The number of likely N-dealkylation sites (tertiary alicyclic amines) is 1. The van der Waals surface area contributed by atoms with Crippen LogP contribution in [-0.4, -0.2) is 44.6 Å². The molecule has 0 radical (unpaired) electrons. The smallest absolute Gasteiger partial charge is 0.233 e. The SMILES string of the molecule is CS(=O)(=O)NC1CCN(C(=O)C2(c3cccc(Cl)c3)CCCCC2)CC1. The van der Waals surface area contributed by atoms with Gasteiger partial charge >= 0.3 is 0 Å². The van der Waals surface area contributed by atoms with Gasteiger partial charge in [0, 0.05) is 24.2 Å². The summed E-state index contributed by atoms with van der Waals surface area (Å²) in [6, 6.07) is 7.64. The minimum absolute atomic E-state index is 0.0810. The zero-order valence-electron chi connectivity index (χ0n) is 15.2. The van der Waals surface area contributed by atoms with Crippen LogP contribution < -0.4 is 4.72 Å². The van der Waals surface area contributed by atoms with E-state index in [9.17, 15) is 13.2 Å². The molecule has 144 valence electrons. The van der Waals surface area contributed by atoms with Gasteiger partial charge in [0.2, 0.25) is 15.9 Å². The van der Waals surface area contributed by atoms with Crippen molar-refractivity contribution in [2.45, 2.75) is 56.4 Å². The van der Waals surface area contributed by atoms with Crippen molar-refractivity contribution >= 4 is 27.5 Å². The molecule has 0 atom stereocenters. The minimum Gasteiger partial charge on any atom is -0.342 e. The molecule has 1 aliphatic carbocycles. The van der Waals surface area contributed by atoms with Gasteiger partial charge in [-0.25, -0.2) is 13.1 Å². The second-order valence-electron chi connectivity index (χ2n) is 7.61. The van der Waals surface area contributed by atoms with Gasteiger partial charge in [-0.3, -0.25) is 4.79 Å². The van der Waals surface area contributed by atoms with E-state index in [1.54, 1.807) is 0 Å². The van der Waals surface area contributed by atoms with E-state index >= 15 is 0 Å². The standard InChI is InChI=1S/C19H27ClN2O3S/c1-26(24,25)21-17-8-12-22(13-9-17)18(23)19(10-3-2-4-11-19)15-6-5-7-16(20)14-15/h5-7,14,17,21H,2-4,8-13H2,1H3. The zero-order valence-corrected chi connectivity index (χ0v) is 16.8. The number of hydrogen-bond donors (Lipinski definition) is 1. The lowest BCUT2D eigenvalue weighted by Crippen LogP contribution is -2.53. The first-order valence-electron chi connectivity index (χ1n) is 9.33. The first kappa shape index (κ1) is 19.6. The third-order valence-corrected chi connectivity index (χ3v) is 6.65. The van der Waals surface area contributed by atoms with E-state index in [4.69, 9.17) is 11.6 Å². The normalized spacial score (nSPS) is 21.5. The molecule has 0 unspecified atom stereocenters. The van der Waals surface area contributed by atoms with E-state index in [1.165, 1.54) is 6.26 Å². The Morgan fingerprint density at radius 2 is 1.85 bits per heavy atom. The van der Waals surface area contributed by atoms with Crippen LogP contribution in [0.1, 0.15) is 50.5 Å². The Bertz CT molecular complexity index is 752. The third-order valence-electron chi connectivity index (χ3n) is 5.66. The van der Waals surface area contributed by atoms with Gasteiger partial charge in [-0.1, -0.05) is 43.0 Å². The Morgan fingerprint density at radius 3 is 2.42 bits per heavy atom. The third kappa shape index (κ3) is 4.41. The molecular formula is C19H27ClN2O3S. The van der Waals surface area contributed by atoms with E-state index in [-0.39, 0.29) is 11.9 Å². The van der Waals surface area contributed by atoms with Crippen molar-refractivity contribution in [3.8, 4) is 0 Å². The summed E-state index contributed by atoms with van der Waals surface area (Å²) in [5.74, 6) is 0.178. The maximum absolute atomic E-state index is 13.5. The molecule has 1 saturated carbocycles. The molecule has 1 aromatic carbocycles. The fraction of sp³-hybridized carbons (Fsp3) is 0.632. The Balaban J connectivity index is 1.77. The first-order chi connectivity index (χ1) is 12.3. The van der Waals surface area contributed by atoms with Crippen LogP contribution in [0.25, 0.3) is 0 Å². The van der Waals surface area contributed by atoms with Crippen LogP contribution in [-0.2, 0) is 20.2 Å². The van der Waals surface area contributed by atoms with Crippen LogP contribution in [0, 0.1) is 0 Å². The molecule has 1 heterocycles. The van der Waals surface area contributed by atoms with Gasteiger partial charge in [-0.15, -0.1) is 0 Å². The summed E-state index contributed by atoms with van der Waals surface area (Å²) in [6.07, 6.45) is 7.46. The lowest BCUT2D eigenvalue weighted by Gasteiger charge is -2.42. The highest BCUT2D eigenvalue weighted by Crippen LogP contribution is 2.42. The summed E-state index contributed by atoms with van der Waals surface area (Å²) in [5, 5.41) is 0.663. The summed E-state index contributed by atoms with van der Waals surface area (Å²) in [7, 11) is -3.21. The van der Waals surface area contributed by atoms with Crippen molar-refractivity contribution < 1.29 is 13.2 Å². The highest BCUT2D eigenvalue weighted by atomic mass is 35.5. The molecule has 0 spiro atoms. The van der Waals surface area contributed by atoms with Crippen LogP contribution in [0.3, 0.4) is 0 Å². The molecule has 3 rings (SSSR count). The van der Waals surface area contributed by atoms with E-state index in [1.807, 2.05) is 29.2 Å². The number of sulfonamides is 1. The van der Waals surface area contributed by atoms with Gasteiger partial charge in [0.1, 0.15) is 0 Å². The number of nitrogens with one attached hydrogen (secondary N) is 1. The number of carbonyl (C=O) groups is 1. The molecule has 2 fully saturated rings. The minimum atomic E-state index is -3.21. The van der Waals surface area contributed by atoms with Crippen molar-refractivity contribution in [1.82, 2.24) is 9.62 Å². The van der Waals surface area contributed by atoms with Gasteiger partial charge in [0.05, 0.1) is 11.7 Å². The number of rotatable bonds is 4. The molecule has 2 aliphatic rings. The lowest BCUT2D eigenvalue weighted by molar-refractivity contribution is -0.140. The highest BCUT2D eigenvalue weighted by molar-refractivity contribution is 7.88. The number of nitrogens with zero attached hydrogens (tertiary/aromatic N) is 1. The maximum Gasteiger partial charge on any atom is 0.233 e. The van der Waals surface area contributed by atoms with Crippen LogP contribution >= 0.6 is 11.6 Å². The molecule has 1 aliphatic heterocycles. The molecular weight excluding hydrogens is 372 g/mol. The molecule has 5 nitrogen and oxygen atoms in total. The molecule has 7 heteroatoms. The summed E-state index contributed by atoms with van der Waals surface area (Å²) < 4.78 is 25.5. The predicted octanol–water partition coefficient (Wildman–Crippen LogP) is 3.08. The van der Waals surface area contributed by atoms with Crippen molar-refractivity contribution in [3.05, 3.63) is 34.9 Å². The maximum atomic E-state index is 13.5. The van der Waals surface area contributed by atoms with Gasteiger partial charge in [-0.05, 0) is 43.4 Å². The number of halogens is 1.